The molecule has 114 valence electrons. The van der Waals surface area contributed by atoms with Crippen LogP contribution in [0.5, 0.6) is 5.75 Å². The van der Waals surface area contributed by atoms with Crippen molar-refractivity contribution in [2.75, 3.05) is 29.6 Å². The standard InChI is InChI=1S/C18H30OS/c1-5-15-19-18-13-11-17(12-14-18)10-9-16-20(6-2,7-3)8-4/h5,11-14H,1,6-10,15-16H2,2-4H3. The highest BCUT2D eigenvalue weighted by atomic mass is 32.3. The molecule has 0 radical (unpaired) electrons. The average molecular weight is 295 g/mol. The Morgan fingerprint density at radius 1 is 1.05 bits per heavy atom. The fraction of sp³-hybridized carbons (Fsp3) is 0.556. The van der Waals surface area contributed by atoms with Crippen molar-refractivity contribution < 1.29 is 4.74 Å². The Kier molecular flexibility index (Phi) is 7.83. The molecule has 20 heavy (non-hydrogen) atoms. The molecule has 0 aliphatic heterocycles. The van der Waals surface area contributed by atoms with Gasteiger partial charge in [-0.1, -0.05) is 45.6 Å². The first-order valence-corrected chi connectivity index (χ1v) is 10.1. The summed E-state index contributed by atoms with van der Waals surface area (Å²) in [6.07, 6.45) is 4.28. The molecule has 0 saturated carbocycles. The molecule has 1 aromatic rings. The smallest absolute Gasteiger partial charge is 0.119 e. The van der Waals surface area contributed by atoms with Gasteiger partial charge in [-0.3, -0.25) is 0 Å². The van der Waals surface area contributed by atoms with Crippen molar-refractivity contribution in [3.8, 4) is 5.75 Å². The van der Waals surface area contributed by atoms with Crippen LogP contribution in [0.4, 0.5) is 0 Å². The topological polar surface area (TPSA) is 9.23 Å². The number of rotatable bonds is 10. The minimum absolute atomic E-state index is 0.336. The third-order valence-electron chi connectivity index (χ3n) is 4.17. The minimum atomic E-state index is -0.336. The van der Waals surface area contributed by atoms with Crippen LogP contribution in [0, 0.1) is 0 Å². The Bertz CT molecular complexity index is 371. The van der Waals surface area contributed by atoms with E-state index in [-0.39, 0.29) is 10.0 Å². The molecule has 0 aliphatic carbocycles. The maximum absolute atomic E-state index is 5.51. The third kappa shape index (κ3) is 5.24. The number of benzene rings is 1. The van der Waals surface area contributed by atoms with Gasteiger partial charge in [-0.15, -0.1) is 0 Å². The zero-order chi connectivity index (χ0) is 14.8. The zero-order valence-corrected chi connectivity index (χ0v) is 14.2. The Labute approximate surface area is 126 Å². The molecule has 1 aromatic carbocycles. The molecule has 0 saturated heterocycles. The largest absolute Gasteiger partial charge is 0.490 e. The van der Waals surface area contributed by atoms with E-state index in [2.05, 4.69) is 51.6 Å². The van der Waals surface area contributed by atoms with Crippen LogP contribution in [0.2, 0.25) is 0 Å². The van der Waals surface area contributed by atoms with Crippen LogP contribution in [-0.2, 0) is 6.42 Å². The molecule has 0 spiro atoms. The van der Waals surface area contributed by atoms with E-state index in [1.54, 1.807) is 6.08 Å². The second-order valence-electron chi connectivity index (χ2n) is 5.14. The summed E-state index contributed by atoms with van der Waals surface area (Å²) in [6, 6.07) is 8.52. The lowest BCUT2D eigenvalue weighted by Gasteiger charge is -2.37. The summed E-state index contributed by atoms with van der Waals surface area (Å²) < 4.78 is 5.51. The first kappa shape index (κ1) is 17.2. The maximum Gasteiger partial charge on any atom is 0.119 e. The van der Waals surface area contributed by atoms with E-state index in [0.717, 1.165) is 5.75 Å². The van der Waals surface area contributed by atoms with E-state index in [0.29, 0.717) is 6.61 Å². The molecule has 0 aliphatic rings. The summed E-state index contributed by atoms with van der Waals surface area (Å²) in [5, 5.41) is 0. The minimum Gasteiger partial charge on any atom is -0.490 e. The van der Waals surface area contributed by atoms with E-state index in [1.165, 1.54) is 41.4 Å². The predicted molar refractivity (Wildman–Crippen MR) is 94.5 cm³/mol. The van der Waals surface area contributed by atoms with Gasteiger partial charge in [0.1, 0.15) is 12.4 Å². The van der Waals surface area contributed by atoms with Crippen LogP contribution in [0.15, 0.2) is 36.9 Å². The number of hydrogen-bond acceptors (Lipinski definition) is 1. The van der Waals surface area contributed by atoms with Crippen molar-refractivity contribution in [2.24, 2.45) is 0 Å². The normalized spacial score (nSPS) is 12.2. The molecule has 1 nitrogen and oxygen atoms in total. The van der Waals surface area contributed by atoms with Gasteiger partial charge >= 0.3 is 0 Å². The summed E-state index contributed by atoms with van der Waals surface area (Å²) in [5.74, 6) is 6.51. The van der Waals surface area contributed by atoms with Gasteiger partial charge in [0.2, 0.25) is 0 Å². The van der Waals surface area contributed by atoms with Crippen LogP contribution < -0.4 is 4.74 Å². The van der Waals surface area contributed by atoms with E-state index in [4.69, 9.17) is 4.74 Å². The van der Waals surface area contributed by atoms with Crippen molar-refractivity contribution in [3.63, 3.8) is 0 Å². The Balaban J connectivity index is 2.43. The summed E-state index contributed by atoms with van der Waals surface area (Å²) >= 11 is 0. The van der Waals surface area contributed by atoms with E-state index >= 15 is 0 Å². The summed E-state index contributed by atoms with van der Waals surface area (Å²) in [5.41, 5.74) is 1.42. The lowest BCUT2D eigenvalue weighted by molar-refractivity contribution is 0.363. The van der Waals surface area contributed by atoms with Gasteiger partial charge in [0.05, 0.1) is 0 Å². The SMILES string of the molecule is C=CCOc1ccc(CCCS(CC)(CC)CC)cc1. The monoisotopic (exact) mass is 294 g/mol. The second-order valence-corrected chi connectivity index (χ2v) is 9.73. The number of hydrogen-bond donors (Lipinski definition) is 0. The van der Waals surface area contributed by atoms with E-state index in [1.807, 2.05) is 0 Å². The molecule has 0 unspecified atom stereocenters. The molecule has 0 atom stereocenters. The molecule has 1 rings (SSSR count). The Morgan fingerprint density at radius 2 is 1.65 bits per heavy atom. The Hall–Kier alpha value is -0.890. The predicted octanol–water partition coefficient (Wildman–Crippen LogP) is 5.05. The highest BCUT2D eigenvalue weighted by Crippen LogP contribution is 2.47. The Morgan fingerprint density at radius 3 is 2.15 bits per heavy atom. The van der Waals surface area contributed by atoms with Gasteiger partial charge in [-0.25, -0.2) is 10.0 Å². The average Bonchev–Trinajstić information content (AvgIpc) is 2.51. The summed E-state index contributed by atoms with van der Waals surface area (Å²) in [7, 11) is -0.336. The molecular weight excluding hydrogens is 264 g/mol. The first-order chi connectivity index (χ1) is 9.69. The molecule has 0 N–H and O–H groups in total. The van der Waals surface area contributed by atoms with Crippen LogP contribution >= 0.6 is 10.0 Å². The van der Waals surface area contributed by atoms with E-state index in [9.17, 15) is 0 Å². The fourth-order valence-electron chi connectivity index (χ4n) is 2.54. The molecule has 0 aromatic heterocycles. The van der Waals surface area contributed by atoms with Crippen LogP contribution in [0.25, 0.3) is 0 Å². The van der Waals surface area contributed by atoms with Gasteiger partial charge in [-0.2, -0.15) is 0 Å². The van der Waals surface area contributed by atoms with Gasteiger partial charge in [0, 0.05) is 0 Å². The van der Waals surface area contributed by atoms with Crippen molar-refractivity contribution >= 4 is 10.0 Å². The lowest BCUT2D eigenvalue weighted by atomic mass is 10.1. The van der Waals surface area contributed by atoms with Crippen molar-refractivity contribution in [3.05, 3.63) is 42.5 Å². The number of ether oxygens (including phenoxy) is 1. The third-order valence-corrected chi connectivity index (χ3v) is 9.00. The molecule has 2 heteroatoms. The first-order valence-electron chi connectivity index (χ1n) is 7.76. The van der Waals surface area contributed by atoms with Crippen molar-refractivity contribution in [1.29, 1.82) is 0 Å². The molecule has 0 fully saturated rings. The summed E-state index contributed by atoms with van der Waals surface area (Å²) in [4.78, 5) is 0. The lowest BCUT2D eigenvalue weighted by Crippen LogP contribution is -2.13. The zero-order valence-electron chi connectivity index (χ0n) is 13.4. The molecule has 0 bridgehead atoms. The van der Waals surface area contributed by atoms with Crippen LogP contribution in [0.1, 0.15) is 32.8 Å². The fourth-order valence-corrected chi connectivity index (χ4v) is 5.38. The molecular formula is C18H30OS. The molecule has 0 amide bonds. The van der Waals surface area contributed by atoms with Gasteiger partial charge in [0.15, 0.2) is 0 Å². The van der Waals surface area contributed by atoms with E-state index < -0.39 is 0 Å². The highest BCUT2D eigenvalue weighted by molar-refractivity contribution is 8.33. The van der Waals surface area contributed by atoms with Crippen molar-refractivity contribution in [2.45, 2.75) is 33.6 Å². The highest BCUT2D eigenvalue weighted by Gasteiger charge is 2.16. The van der Waals surface area contributed by atoms with Crippen molar-refractivity contribution in [1.82, 2.24) is 0 Å². The second kappa shape index (κ2) is 9.12. The number of aryl methyl sites for hydroxylation is 1. The van der Waals surface area contributed by atoms with Crippen LogP contribution in [0.3, 0.4) is 0 Å². The maximum atomic E-state index is 5.51. The summed E-state index contributed by atoms with van der Waals surface area (Å²) in [6.45, 7) is 11.3. The quantitative estimate of drug-likeness (QED) is 0.549. The van der Waals surface area contributed by atoms with Gasteiger partial charge in [-0.05, 0) is 53.5 Å². The van der Waals surface area contributed by atoms with Gasteiger partial charge in [0.25, 0.3) is 0 Å². The van der Waals surface area contributed by atoms with Crippen LogP contribution in [-0.4, -0.2) is 29.6 Å². The molecule has 0 heterocycles. The van der Waals surface area contributed by atoms with Gasteiger partial charge < -0.3 is 4.74 Å².